The van der Waals surface area contributed by atoms with E-state index in [0.29, 0.717) is 18.0 Å². The number of carbonyl (C=O) groups is 2. The van der Waals surface area contributed by atoms with E-state index in [1.807, 2.05) is 0 Å². The third kappa shape index (κ3) is 5.63. The molecule has 0 saturated heterocycles. The van der Waals surface area contributed by atoms with Gasteiger partial charge in [-0.2, -0.15) is 0 Å². The van der Waals surface area contributed by atoms with E-state index in [4.69, 9.17) is 5.73 Å². The maximum atomic E-state index is 13.1. The van der Waals surface area contributed by atoms with E-state index in [-0.39, 0.29) is 36.6 Å². The molecule has 126 valence electrons. The van der Waals surface area contributed by atoms with Crippen LogP contribution in [-0.2, 0) is 16.0 Å². The molecule has 1 fully saturated rings. The summed E-state index contributed by atoms with van der Waals surface area (Å²) in [6.45, 7) is 0.499. The normalized spacial score (nSPS) is 20.8. The highest BCUT2D eigenvalue weighted by Gasteiger charge is 2.25. The molecule has 4 N–H and O–H groups in total. The molecule has 1 aromatic rings. The van der Waals surface area contributed by atoms with Crippen LogP contribution in [-0.4, -0.2) is 30.9 Å². The zero-order valence-electron chi connectivity index (χ0n) is 13.2. The van der Waals surface area contributed by atoms with Crippen molar-refractivity contribution in [2.75, 3.05) is 13.1 Å². The molecule has 0 spiro atoms. The largest absolute Gasteiger partial charge is 0.352 e. The minimum absolute atomic E-state index is 0.0554. The van der Waals surface area contributed by atoms with Crippen LogP contribution in [0.25, 0.3) is 0 Å². The molecule has 6 heteroatoms. The summed E-state index contributed by atoms with van der Waals surface area (Å²) in [5.74, 6) is -0.568. The number of hydrogen-bond acceptors (Lipinski definition) is 3. The van der Waals surface area contributed by atoms with Crippen molar-refractivity contribution in [3.05, 3.63) is 35.6 Å². The molecule has 1 aliphatic carbocycles. The number of hydrogen-bond donors (Lipinski definition) is 3. The highest BCUT2D eigenvalue weighted by atomic mass is 19.1. The number of carbonyl (C=O) groups excluding carboxylic acids is 2. The van der Waals surface area contributed by atoms with Gasteiger partial charge in [-0.05, 0) is 43.0 Å². The first kappa shape index (κ1) is 17.4. The molecule has 1 aromatic carbocycles. The monoisotopic (exact) mass is 321 g/mol. The fourth-order valence-corrected chi connectivity index (χ4v) is 3.01. The molecule has 5 nitrogen and oxygen atoms in total. The van der Waals surface area contributed by atoms with Crippen molar-refractivity contribution >= 4 is 11.8 Å². The lowest BCUT2D eigenvalue weighted by Gasteiger charge is -2.31. The second-order valence-corrected chi connectivity index (χ2v) is 6.04. The molecule has 1 aliphatic rings. The standard InChI is InChI=1S/C17H24FN3O2/c18-14-6-3-4-12(8-14)9-16(22)20-11-17(23)21-15-7-2-1-5-13(15)10-19/h3-4,6,8,13,15H,1-2,5,7,9-11,19H2,(H,20,22)(H,21,23). The van der Waals surface area contributed by atoms with Crippen LogP contribution in [0.5, 0.6) is 0 Å². The Bertz CT molecular complexity index is 550. The van der Waals surface area contributed by atoms with E-state index < -0.39 is 0 Å². The van der Waals surface area contributed by atoms with Crippen molar-refractivity contribution in [1.29, 1.82) is 0 Å². The lowest BCUT2D eigenvalue weighted by atomic mass is 9.84. The highest BCUT2D eigenvalue weighted by molar-refractivity contribution is 5.85. The summed E-state index contributed by atoms with van der Waals surface area (Å²) >= 11 is 0. The number of amides is 2. The minimum atomic E-state index is -0.377. The summed E-state index contributed by atoms with van der Waals surface area (Å²) in [7, 11) is 0. The SMILES string of the molecule is NCC1CCCCC1NC(=O)CNC(=O)Cc1cccc(F)c1. The summed E-state index contributed by atoms with van der Waals surface area (Å²) < 4.78 is 13.1. The van der Waals surface area contributed by atoms with E-state index in [2.05, 4.69) is 10.6 Å². The fraction of sp³-hybridized carbons (Fsp3) is 0.529. The molecule has 0 aliphatic heterocycles. The molecular weight excluding hydrogens is 297 g/mol. The lowest BCUT2D eigenvalue weighted by molar-refractivity contribution is -0.126. The van der Waals surface area contributed by atoms with Crippen molar-refractivity contribution in [2.45, 2.75) is 38.1 Å². The van der Waals surface area contributed by atoms with Crippen LogP contribution >= 0.6 is 0 Å². The van der Waals surface area contributed by atoms with Gasteiger partial charge in [-0.15, -0.1) is 0 Å². The van der Waals surface area contributed by atoms with Gasteiger partial charge in [-0.1, -0.05) is 25.0 Å². The van der Waals surface area contributed by atoms with E-state index in [0.717, 1.165) is 25.7 Å². The highest BCUT2D eigenvalue weighted by Crippen LogP contribution is 2.23. The van der Waals surface area contributed by atoms with Crippen LogP contribution in [0, 0.1) is 11.7 Å². The number of halogens is 1. The van der Waals surface area contributed by atoms with Gasteiger partial charge in [0.25, 0.3) is 0 Å². The van der Waals surface area contributed by atoms with Gasteiger partial charge in [-0.3, -0.25) is 9.59 Å². The zero-order chi connectivity index (χ0) is 16.7. The maximum absolute atomic E-state index is 13.1. The second-order valence-electron chi connectivity index (χ2n) is 6.04. The van der Waals surface area contributed by atoms with E-state index in [9.17, 15) is 14.0 Å². The molecule has 2 rings (SSSR count). The molecule has 0 radical (unpaired) electrons. The molecule has 23 heavy (non-hydrogen) atoms. The molecule has 2 atom stereocenters. The average molecular weight is 321 g/mol. The van der Waals surface area contributed by atoms with Crippen LogP contribution in [0.4, 0.5) is 4.39 Å². The lowest BCUT2D eigenvalue weighted by Crippen LogP contribution is -2.48. The van der Waals surface area contributed by atoms with Gasteiger partial charge in [0, 0.05) is 6.04 Å². The zero-order valence-corrected chi connectivity index (χ0v) is 13.2. The smallest absolute Gasteiger partial charge is 0.239 e. The van der Waals surface area contributed by atoms with Gasteiger partial charge < -0.3 is 16.4 Å². The first-order valence-corrected chi connectivity index (χ1v) is 8.09. The van der Waals surface area contributed by atoms with Crippen LogP contribution < -0.4 is 16.4 Å². The topological polar surface area (TPSA) is 84.2 Å². The van der Waals surface area contributed by atoms with Gasteiger partial charge in [0.15, 0.2) is 0 Å². The Kier molecular flexibility index (Phi) is 6.52. The Balaban J connectivity index is 1.74. The molecular formula is C17H24FN3O2. The first-order chi connectivity index (χ1) is 11.1. The van der Waals surface area contributed by atoms with Crippen molar-refractivity contribution in [3.63, 3.8) is 0 Å². The molecule has 1 saturated carbocycles. The van der Waals surface area contributed by atoms with Crippen molar-refractivity contribution in [1.82, 2.24) is 10.6 Å². The first-order valence-electron chi connectivity index (χ1n) is 8.09. The molecule has 2 unspecified atom stereocenters. The summed E-state index contributed by atoms with van der Waals surface area (Å²) in [5, 5.41) is 5.52. The van der Waals surface area contributed by atoms with Gasteiger partial charge in [0.2, 0.25) is 11.8 Å². The summed E-state index contributed by atoms with van der Waals surface area (Å²) in [4.78, 5) is 23.8. The average Bonchev–Trinajstić information content (AvgIpc) is 2.53. The number of nitrogens with two attached hydrogens (primary N) is 1. The number of benzene rings is 1. The quantitative estimate of drug-likeness (QED) is 0.734. The van der Waals surface area contributed by atoms with Crippen LogP contribution in [0.1, 0.15) is 31.2 Å². The molecule has 0 aromatic heterocycles. The van der Waals surface area contributed by atoms with Gasteiger partial charge in [0.1, 0.15) is 5.82 Å². The summed E-state index contributed by atoms with van der Waals surface area (Å²) in [6.07, 6.45) is 4.27. The van der Waals surface area contributed by atoms with Gasteiger partial charge in [0.05, 0.1) is 13.0 Å². The third-order valence-corrected chi connectivity index (χ3v) is 4.26. The van der Waals surface area contributed by atoms with Crippen LogP contribution in [0.2, 0.25) is 0 Å². The Hall–Kier alpha value is -1.95. The second kappa shape index (κ2) is 8.62. The predicted molar refractivity (Wildman–Crippen MR) is 86.1 cm³/mol. The molecule has 0 heterocycles. The Morgan fingerprint density at radius 2 is 2.00 bits per heavy atom. The number of nitrogens with one attached hydrogen (secondary N) is 2. The van der Waals surface area contributed by atoms with Crippen molar-refractivity contribution in [3.8, 4) is 0 Å². The Morgan fingerprint density at radius 3 is 2.74 bits per heavy atom. The fourth-order valence-electron chi connectivity index (χ4n) is 3.01. The van der Waals surface area contributed by atoms with E-state index in [1.54, 1.807) is 12.1 Å². The Labute approximate surface area is 135 Å². The third-order valence-electron chi connectivity index (χ3n) is 4.26. The summed E-state index contributed by atoms with van der Waals surface area (Å²) in [5.41, 5.74) is 6.32. The molecule has 2 amide bonds. The van der Waals surface area contributed by atoms with Crippen LogP contribution in [0.15, 0.2) is 24.3 Å². The minimum Gasteiger partial charge on any atom is -0.352 e. The van der Waals surface area contributed by atoms with Crippen molar-refractivity contribution < 1.29 is 14.0 Å². The van der Waals surface area contributed by atoms with Crippen molar-refractivity contribution in [2.24, 2.45) is 11.7 Å². The van der Waals surface area contributed by atoms with Gasteiger partial charge in [-0.25, -0.2) is 4.39 Å². The maximum Gasteiger partial charge on any atom is 0.239 e. The van der Waals surface area contributed by atoms with Gasteiger partial charge >= 0.3 is 0 Å². The van der Waals surface area contributed by atoms with E-state index in [1.165, 1.54) is 12.1 Å². The molecule has 0 bridgehead atoms. The van der Waals surface area contributed by atoms with E-state index >= 15 is 0 Å². The van der Waals surface area contributed by atoms with Crippen LogP contribution in [0.3, 0.4) is 0 Å². The predicted octanol–water partition coefficient (Wildman–Crippen LogP) is 1.12. The summed E-state index contributed by atoms with van der Waals surface area (Å²) in [6, 6.07) is 5.97. The Morgan fingerprint density at radius 1 is 1.22 bits per heavy atom. The number of rotatable bonds is 6.